The maximum Gasteiger partial charge on any atom is 0.355 e. The number of aromatic nitrogens is 3. The predicted molar refractivity (Wildman–Crippen MR) is 224 cm³/mol. The van der Waals surface area contributed by atoms with E-state index in [2.05, 4.69) is 36.0 Å². The maximum atomic E-state index is 13.7. The van der Waals surface area contributed by atoms with Crippen molar-refractivity contribution in [3.05, 3.63) is 77.7 Å². The molecule has 0 unspecified atom stereocenters. The fraction of sp³-hybridized carbons (Fsp3) is 0.463. The highest BCUT2D eigenvalue weighted by molar-refractivity contribution is 7.93. The van der Waals surface area contributed by atoms with E-state index < -0.39 is 41.4 Å². The second kappa shape index (κ2) is 19.5. The predicted octanol–water partition coefficient (Wildman–Crippen LogP) is 8.30. The Labute approximate surface area is 350 Å². The third kappa shape index (κ3) is 13.2. The number of carbonyl (C=O) groups is 1. The number of nitriles is 1. The minimum atomic E-state index is -5.10. The van der Waals surface area contributed by atoms with Gasteiger partial charge in [0.1, 0.15) is 65.0 Å². The Kier molecular flexibility index (Phi) is 14.9. The third-order valence-electron chi connectivity index (χ3n) is 9.25. The summed E-state index contributed by atoms with van der Waals surface area (Å²) in [5.41, 5.74) is 0.246. The van der Waals surface area contributed by atoms with Crippen LogP contribution >= 0.6 is 0 Å². The third-order valence-corrected chi connectivity index (χ3v) is 11.9. The summed E-state index contributed by atoms with van der Waals surface area (Å²) in [6.07, 6.45) is 2.14. The smallest absolute Gasteiger partial charge is 0.355 e. The van der Waals surface area contributed by atoms with Crippen LogP contribution in [0.15, 0.2) is 60.8 Å². The molecule has 2 N–H and O–H groups in total. The van der Waals surface area contributed by atoms with Crippen LogP contribution in [0.2, 0.25) is 25.7 Å². The maximum absolute atomic E-state index is 13.7. The molecule has 4 aromatic rings. The Morgan fingerprint density at radius 2 is 1.77 bits per heavy atom. The van der Waals surface area contributed by atoms with E-state index in [1.165, 1.54) is 47.1 Å². The molecule has 2 aromatic heterocycles. The number of rotatable bonds is 18. The number of carbonyl (C=O) groups excluding carboxylic acids is 1. The summed E-state index contributed by atoms with van der Waals surface area (Å²) < 4.78 is 92.2. The molecule has 5 rings (SSSR count). The normalized spacial score (nSPS) is 14.7. The molecule has 324 valence electrons. The number of pyridine rings is 1. The van der Waals surface area contributed by atoms with Gasteiger partial charge in [-0.1, -0.05) is 37.8 Å². The number of alkyl halides is 2. The van der Waals surface area contributed by atoms with Gasteiger partial charge < -0.3 is 24.3 Å². The minimum absolute atomic E-state index is 0.0352. The molecule has 2 aromatic carbocycles. The molecule has 1 atom stereocenters. The van der Waals surface area contributed by atoms with Gasteiger partial charge in [0.15, 0.2) is 5.82 Å². The number of hydrogen-bond acceptors (Lipinski definition) is 12. The number of hydrogen-bond donors (Lipinski definition) is 2. The lowest BCUT2D eigenvalue weighted by Gasteiger charge is -2.32. The van der Waals surface area contributed by atoms with Crippen LogP contribution in [-0.2, 0) is 31.0 Å². The van der Waals surface area contributed by atoms with Crippen molar-refractivity contribution in [1.82, 2.24) is 19.7 Å². The summed E-state index contributed by atoms with van der Waals surface area (Å²) in [4.78, 5) is 18.9. The van der Waals surface area contributed by atoms with E-state index in [-0.39, 0.29) is 53.9 Å². The van der Waals surface area contributed by atoms with Crippen molar-refractivity contribution in [1.29, 1.82) is 5.26 Å². The van der Waals surface area contributed by atoms with Crippen LogP contribution in [-0.4, -0.2) is 85.8 Å². The number of benzene rings is 2. The van der Waals surface area contributed by atoms with Gasteiger partial charge in [-0.3, -0.25) is 14.4 Å². The number of halogens is 3. The highest BCUT2D eigenvalue weighted by Gasteiger charge is 2.28. The van der Waals surface area contributed by atoms with Crippen LogP contribution in [0.1, 0.15) is 57.8 Å². The van der Waals surface area contributed by atoms with Crippen LogP contribution in [0.25, 0.3) is 11.3 Å². The highest BCUT2D eigenvalue weighted by Crippen LogP contribution is 2.38. The van der Waals surface area contributed by atoms with Crippen LogP contribution in [0.5, 0.6) is 11.5 Å². The summed E-state index contributed by atoms with van der Waals surface area (Å²) in [5.74, 6) is -3.43. The Balaban J connectivity index is 1.39. The van der Waals surface area contributed by atoms with Gasteiger partial charge in [-0.2, -0.15) is 19.1 Å². The first kappa shape index (κ1) is 45.9. The van der Waals surface area contributed by atoms with Crippen molar-refractivity contribution in [2.24, 2.45) is 0 Å². The topological polar surface area (TPSA) is 170 Å². The zero-order valence-electron chi connectivity index (χ0n) is 34.8. The molecule has 3 heterocycles. The van der Waals surface area contributed by atoms with E-state index in [0.717, 1.165) is 6.04 Å². The molecule has 0 aliphatic carbocycles. The molecule has 0 saturated carbocycles. The number of anilines is 3. The van der Waals surface area contributed by atoms with Crippen molar-refractivity contribution in [3.8, 4) is 28.8 Å². The highest BCUT2D eigenvalue weighted by atomic mass is 32.2. The first-order chi connectivity index (χ1) is 28.2. The van der Waals surface area contributed by atoms with E-state index in [4.69, 9.17) is 24.0 Å². The van der Waals surface area contributed by atoms with Gasteiger partial charge >= 0.3 is 11.7 Å². The minimum Gasteiger partial charge on any atom is -0.489 e. The molecule has 60 heavy (non-hydrogen) atoms. The van der Waals surface area contributed by atoms with Crippen molar-refractivity contribution in [2.75, 3.05) is 36.3 Å². The van der Waals surface area contributed by atoms with Crippen LogP contribution < -0.4 is 19.5 Å². The molecule has 1 aliphatic rings. The Bertz CT molecular complexity index is 2230. The zero-order chi connectivity index (χ0) is 43.8. The lowest BCUT2D eigenvalue weighted by atomic mass is 10.1. The van der Waals surface area contributed by atoms with Crippen LogP contribution in [0, 0.1) is 17.1 Å². The van der Waals surface area contributed by atoms with Crippen LogP contribution in [0.3, 0.4) is 0 Å². The molecule has 1 fully saturated rings. The molecule has 1 saturated heterocycles. The standard InChI is InChI=1S/C41H52F3N7O7SSi/c1-27(28-8-11-30(42)12-9-28)56-35-22-29(10-14-34(35)49-59(53,54)40(43)44)38-33(23-45)39(51(48-38)26-55-20-21-60(5,6)7)47-36-15-13-32(24-46-36)57-31-16-18-50(19-17-31)25-37(52)58-41(2,3)4/h8-15,22,24,27,31,40,49H,16-21,25-26H2,1-7H3,(H,46,47)/t27-/m0/s1. The number of nitrogens with one attached hydrogen (secondary N) is 2. The molecule has 14 nitrogen and oxygen atoms in total. The molecule has 0 amide bonds. The number of esters is 1. The van der Waals surface area contributed by atoms with Gasteiger partial charge in [0.05, 0.1) is 18.4 Å². The molecule has 0 bridgehead atoms. The summed E-state index contributed by atoms with van der Waals surface area (Å²) in [6, 6.07) is 16.0. The molecular weight excluding hydrogens is 820 g/mol. The van der Waals surface area contributed by atoms with Crippen molar-refractivity contribution in [3.63, 3.8) is 0 Å². The Morgan fingerprint density at radius 1 is 1.07 bits per heavy atom. The first-order valence-corrected chi connectivity index (χ1v) is 24.7. The summed E-state index contributed by atoms with van der Waals surface area (Å²) >= 11 is 0. The van der Waals surface area contributed by atoms with Gasteiger partial charge in [-0.05, 0) is 88.5 Å². The second-order valence-electron chi connectivity index (χ2n) is 16.6. The Morgan fingerprint density at radius 3 is 2.37 bits per heavy atom. The largest absolute Gasteiger partial charge is 0.489 e. The van der Waals surface area contributed by atoms with Gasteiger partial charge in [0, 0.05) is 33.3 Å². The molecule has 0 spiro atoms. The SMILES string of the molecule is C[C@H](Oc1cc(-c2nn(COCC[Si](C)(C)C)c(Nc3ccc(OC4CCN(CC(=O)OC(C)(C)C)CC4)cn3)c2C#N)ccc1NS(=O)(=O)C(F)F)c1ccc(F)cc1. The summed E-state index contributed by atoms with van der Waals surface area (Å²) in [6.45, 7) is 15.8. The van der Waals surface area contributed by atoms with Gasteiger partial charge in [0.2, 0.25) is 0 Å². The first-order valence-electron chi connectivity index (χ1n) is 19.5. The zero-order valence-corrected chi connectivity index (χ0v) is 36.6. The van der Waals surface area contributed by atoms with E-state index in [1.54, 1.807) is 25.3 Å². The van der Waals surface area contributed by atoms with Gasteiger partial charge in [-0.25, -0.2) is 22.5 Å². The number of sulfonamides is 1. The van der Waals surface area contributed by atoms with Crippen molar-refractivity contribution < 1.29 is 45.3 Å². The number of ether oxygens (including phenoxy) is 4. The van der Waals surface area contributed by atoms with Crippen molar-refractivity contribution >= 4 is 41.4 Å². The summed E-state index contributed by atoms with van der Waals surface area (Å²) in [7, 11) is -6.54. The lowest BCUT2D eigenvalue weighted by Crippen LogP contribution is -2.42. The van der Waals surface area contributed by atoms with Gasteiger partial charge in [0.25, 0.3) is 10.0 Å². The molecule has 19 heteroatoms. The summed E-state index contributed by atoms with van der Waals surface area (Å²) in [5, 5.41) is 18.4. The number of piperidine rings is 1. The average Bonchev–Trinajstić information content (AvgIpc) is 3.51. The Hall–Kier alpha value is -5.16. The molecular formula is C41H52F3N7O7SSi. The fourth-order valence-corrected chi connectivity index (χ4v) is 7.46. The molecule has 1 aliphatic heterocycles. The van der Waals surface area contributed by atoms with E-state index in [1.807, 2.05) is 30.4 Å². The monoisotopic (exact) mass is 871 g/mol. The number of nitrogens with zero attached hydrogens (tertiary/aromatic N) is 5. The van der Waals surface area contributed by atoms with Gasteiger partial charge in [-0.15, -0.1) is 0 Å². The van der Waals surface area contributed by atoms with Crippen LogP contribution in [0.4, 0.5) is 30.5 Å². The lowest BCUT2D eigenvalue weighted by molar-refractivity contribution is -0.156. The average molecular weight is 872 g/mol. The molecule has 0 radical (unpaired) electrons. The quantitative estimate of drug-likeness (QED) is 0.0558. The second-order valence-corrected chi connectivity index (χ2v) is 23.9. The van der Waals surface area contributed by atoms with E-state index in [9.17, 15) is 31.6 Å². The van der Waals surface area contributed by atoms with E-state index >= 15 is 0 Å². The van der Waals surface area contributed by atoms with Crippen molar-refractivity contribution in [2.45, 2.75) is 96.5 Å². The van der Waals surface area contributed by atoms with E-state index in [0.29, 0.717) is 55.2 Å². The fourth-order valence-electron chi connectivity index (χ4n) is 6.14. The number of likely N-dealkylation sites (tertiary alicyclic amines) is 1.